The van der Waals surface area contributed by atoms with Crippen molar-refractivity contribution in [3.05, 3.63) is 80.6 Å². The number of benzene rings is 2. The highest BCUT2D eigenvalue weighted by atomic mass is 35.5. The first-order valence-corrected chi connectivity index (χ1v) is 6.58. The first-order valence-electron chi connectivity index (χ1n) is 6.20. The highest BCUT2D eigenvalue weighted by Crippen LogP contribution is 2.20. The van der Waals surface area contributed by atoms with Gasteiger partial charge in [-0.15, -0.1) is 0 Å². The van der Waals surface area contributed by atoms with Gasteiger partial charge in [0.15, 0.2) is 5.82 Å². The standard InChI is InChI=1S/C15H10ClN3O2/c16-11-8-6-10(7-9-11)13-17-14(20)18-15(21)19(13)12-4-2-1-3-5-12/h1-9H,(H,18,20,21). The zero-order chi connectivity index (χ0) is 14.8. The summed E-state index contributed by atoms with van der Waals surface area (Å²) >= 11 is 5.86. The molecule has 3 rings (SSSR count). The van der Waals surface area contributed by atoms with E-state index >= 15 is 0 Å². The van der Waals surface area contributed by atoms with E-state index in [4.69, 9.17) is 11.6 Å². The van der Waals surface area contributed by atoms with Crippen molar-refractivity contribution < 1.29 is 0 Å². The van der Waals surface area contributed by atoms with E-state index in [1.165, 1.54) is 4.57 Å². The average molecular weight is 300 g/mol. The van der Waals surface area contributed by atoms with Gasteiger partial charge >= 0.3 is 11.4 Å². The lowest BCUT2D eigenvalue weighted by Gasteiger charge is -2.10. The van der Waals surface area contributed by atoms with Gasteiger partial charge in [-0.2, -0.15) is 4.98 Å². The molecule has 0 saturated heterocycles. The Hall–Kier alpha value is -2.66. The number of H-pyrrole nitrogens is 1. The second-order valence-corrected chi connectivity index (χ2v) is 4.79. The van der Waals surface area contributed by atoms with Gasteiger partial charge in [-0.05, 0) is 36.4 Å². The van der Waals surface area contributed by atoms with Crippen LogP contribution >= 0.6 is 11.6 Å². The number of para-hydroxylation sites is 1. The van der Waals surface area contributed by atoms with Crippen LogP contribution in [0.3, 0.4) is 0 Å². The molecule has 0 radical (unpaired) electrons. The van der Waals surface area contributed by atoms with Gasteiger partial charge in [-0.25, -0.2) is 14.2 Å². The van der Waals surface area contributed by atoms with E-state index in [1.807, 2.05) is 6.07 Å². The first-order chi connectivity index (χ1) is 10.1. The van der Waals surface area contributed by atoms with Crippen LogP contribution in [0.4, 0.5) is 0 Å². The SMILES string of the molecule is O=c1nc(-c2ccc(Cl)cc2)n(-c2ccccc2)c(=O)[nH]1. The maximum Gasteiger partial charge on any atom is 0.351 e. The number of nitrogens with one attached hydrogen (secondary N) is 1. The van der Waals surface area contributed by atoms with Crippen molar-refractivity contribution in [1.82, 2.24) is 14.5 Å². The summed E-state index contributed by atoms with van der Waals surface area (Å²) in [5.74, 6) is 0.270. The van der Waals surface area contributed by atoms with Crippen molar-refractivity contribution in [2.45, 2.75) is 0 Å². The van der Waals surface area contributed by atoms with E-state index in [2.05, 4.69) is 9.97 Å². The molecule has 0 aliphatic carbocycles. The van der Waals surface area contributed by atoms with E-state index < -0.39 is 11.4 Å². The first kappa shape index (κ1) is 13.3. The lowest BCUT2D eigenvalue weighted by molar-refractivity contribution is 0.841. The fourth-order valence-corrected chi connectivity index (χ4v) is 2.15. The van der Waals surface area contributed by atoms with Gasteiger partial charge in [0.1, 0.15) is 0 Å². The molecule has 1 N–H and O–H groups in total. The van der Waals surface area contributed by atoms with Crippen molar-refractivity contribution in [2.75, 3.05) is 0 Å². The molecule has 0 unspecified atom stereocenters. The van der Waals surface area contributed by atoms with E-state index in [-0.39, 0.29) is 5.82 Å². The minimum Gasteiger partial charge on any atom is -0.257 e. The van der Waals surface area contributed by atoms with Crippen LogP contribution in [0, 0.1) is 0 Å². The summed E-state index contributed by atoms with van der Waals surface area (Å²) in [5.41, 5.74) is 0.0333. The van der Waals surface area contributed by atoms with Gasteiger partial charge in [0, 0.05) is 10.6 Å². The van der Waals surface area contributed by atoms with E-state index in [1.54, 1.807) is 48.5 Å². The van der Waals surface area contributed by atoms with Gasteiger partial charge in [-0.1, -0.05) is 29.8 Å². The molecule has 0 aliphatic rings. The molecule has 6 heteroatoms. The van der Waals surface area contributed by atoms with E-state index in [9.17, 15) is 9.59 Å². The molecule has 21 heavy (non-hydrogen) atoms. The Morgan fingerprint density at radius 1 is 0.952 bits per heavy atom. The Bertz CT molecular complexity index is 883. The lowest BCUT2D eigenvalue weighted by atomic mass is 10.2. The molecule has 1 aromatic heterocycles. The van der Waals surface area contributed by atoms with Crippen molar-refractivity contribution in [3.63, 3.8) is 0 Å². The highest BCUT2D eigenvalue weighted by Gasteiger charge is 2.11. The Kier molecular flexibility index (Phi) is 3.41. The number of aromatic amines is 1. The molecular weight excluding hydrogens is 290 g/mol. The Labute approximate surface area is 124 Å². The summed E-state index contributed by atoms with van der Waals surface area (Å²) in [4.78, 5) is 29.8. The molecule has 0 spiro atoms. The summed E-state index contributed by atoms with van der Waals surface area (Å²) in [5, 5.41) is 0.567. The third-order valence-electron chi connectivity index (χ3n) is 2.95. The summed E-state index contributed by atoms with van der Waals surface area (Å²) in [7, 11) is 0. The molecule has 104 valence electrons. The van der Waals surface area contributed by atoms with Gasteiger partial charge in [0.2, 0.25) is 0 Å². The lowest BCUT2D eigenvalue weighted by Crippen LogP contribution is -2.32. The highest BCUT2D eigenvalue weighted by molar-refractivity contribution is 6.30. The van der Waals surface area contributed by atoms with Crippen LogP contribution in [0.1, 0.15) is 0 Å². The minimum atomic E-state index is -0.683. The smallest absolute Gasteiger partial charge is 0.257 e. The molecule has 2 aromatic carbocycles. The number of halogens is 1. The molecule has 0 amide bonds. The van der Waals surface area contributed by atoms with Gasteiger partial charge in [0.25, 0.3) is 0 Å². The molecule has 0 saturated carbocycles. The number of rotatable bonds is 2. The number of nitrogens with zero attached hydrogens (tertiary/aromatic N) is 2. The van der Waals surface area contributed by atoms with Crippen LogP contribution in [-0.2, 0) is 0 Å². The molecule has 3 aromatic rings. The van der Waals surface area contributed by atoms with Gasteiger partial charge in [0.05, 0.1) is 5.69 Å². The van der Waals surface area contributed by atoms with Gasteiger partial charge in [-0.3, -0.25) is 4.98 Å². The van der Waals surface area contributed by atoms with Crippen LogP contribution < -0.4 is 11.4 Å². The predicted octanol–water partition coefficient (Wildman–Crippen LogP) is 2.24. The summed E-state index contributed by atoms with van der Waals surface area (Å²) < 4.78 is 1.35. The summed E-state index contributed by atoms with van der Waals surface area (Å²) in [6.07, 6.45) is 0. The summed E-state index contributed by atoms with van der Waals surface area (Å²) in [6.45, 7) is 0. The van der Waals surface area contributed by atoms with E-state index in [0.717, 1.165) is 0 Å². The summed E-state index contributed by atoms with van der Waals surface area (Å²) in [6, 6.07) is 15.8. The number of aromatic nitrogens is 3. The monoisotopic (exact) mass is 299 g/mol. The Balaban J connectivity index is 2.32. The van der Waals surface area contributed by atoms with Crippen LogP contribution in [0.25, 0.3) is 17.1 Å². The topological polar surface area (TPSA) is 67.8 Å². The minimum absolute atomic E-state index is 0.270. The molecule has 0 bridgehead atoms. The maximum absolute atomic E-state index is 12.1. The van der Waals surface area contributed by atoms with Crippen molar-refractivity contribution in [1.29, 1.82) is 0 Å². The third kappa shape index (κ3) is 2.64. The largest absolute Gasteiger partial charge is 0.351 e. The zero-order valence-corrected chi connectivity index (χ0v) is 11.5. The predicted molar refractivity (Wildman–Crippen MR) is 80.9 cm³/mol. The maximum atomic E-state index is 12.1. The Morgan fingerprint density at radius 2 is 1.62 bits per heavy atom. The average Bonchev–Trinajstić information content (AvgIpc) is 2.48. The van der Waals surface area contributed by atoms with Crippen LogP contribution in [-0.4, -0.2) is 14.5 Å². The normalized spacial score (nSPS) is 10.5. The van der Waals surface area contributed by atoms with E-state index in [0.29, 0.717) is 16.3 Å². The molecule has 5 nitrogen and oxygen atoms in total. The number of hydrogen-bond acceptors (Lipinski definition) is 3. The second-order valence-electron chi connectivity index (χ2n) is 4.35. The quantitative estimate of drug-likeness (QED) is 0.789. The molecule has 1 heterocycles. The molecule has 0 fully saturated rings. The van der Waals surface area contributed by atoms with Crippen LogP contribution in [0.5, 0.6) is 0 Å². The van der Waals surface area contributed by atoms with Crippen LogP contribution in [0.15, 0.2) is 64.2 Å². The fourth-order valence-electron chi connectivity index (χ4n) is 2.03. The van der Waals surface area contributed by atoms with Crippen molar-refractivity contribution in [3.8, 4) is 17.1 Å². The number of hydrogen-bond donors (Lipinski definition) is 1. The van der Waals surface area contributed by atoms with Crippen molar-refractivity contribution >= 4 is 11.6 Å². The third-order valence-corrected chi connectivity index (χ3v) is 3.20. The van der Waals surface area contributed by atoms with Crippen LogP contribution in [0.2, 0.25) is 5.02 Å². The molecule has 0 aliphatic heterocycles. The Morgan fingerprint density at radius 3 is 2.29 bits per heavy atom. The fraction of sp³-hybridized carbons (Fsp3) is 0. The molecular formula is C15H10ClN3O2. The second kappa shape index (κ2) is 5.38. The molecule has 0 atom stereocenters. The zero-order valence-electron chi connectivity index (χ0n) is 10.8. The van der Waals surface area contributed by atoms with Gasteiger partial charge < -0.3 is 0 Å². The van der Waals surface area contributed by atoms with Crippen molar-refractivity contribution in [2.24, 2.45) is 0 Å².